The summed E-state index contributed by atoms with van der Waals surface area (Å²) in [4.78, 5) is 8.31. The molecule has 0 aliphatic rings. The summed E-state index contributed by atoms with van der Waals surface area (Å²) in [7, 11) is -0.0633. The third kappa shape index (κ3) is 11.5. The Morgan fingerprint density at radius 1 is 0.280 bits per heavy atom. The summed E-state index contributed by atoms with van der Waals surface area (Å²) in [6.07, 6.45) is 13.0. The van der Waals surface area contributed by atoms with E-state index < -0.39 is 0 Å². The van der Waals surface area contributed by atoms with Crippen molar-refractivity contribution in [1.82, 2.24) is 0 Å². The molecular formula is C48H54S2+2. The lowest BCUT2D eigenvalue weighted by molar-refractivity contribution is 0.666. The first-order valence-corrected chi connectivity index (χ1v) is 21.1. The predicted molar refractivity (Wildman–Crippen MR) is 219 cm³/mol. The average Bonchev–Trinajstić information content (AvgIpc) is 3.18. The second-order valence-electron chi connectivity index (χ2n) is 12.8. The highest BCUT2D eigenvalue weighted by molar-refractivity contribution is 7.97. The van der Waals surface area contributed by atoms with Gasteiger partial charge in [-0.2, -0.15) is 0 Å². The van der Waals surface area contributed by atoms with E-state index in [1.54, 1.807) is 0 Å². The van der Waals surface area contributed by atoms with Crippen molar-refractivity contribution in [3.63, 3.8) is 0 Å². The van der Waals surface area contributed by atoms with E-state index in [-0.39, 0.29) is 21.8 Å². The highest BCUT2D eigenvalue weighted by Crippen LogP contribution is 2.32. The molecule has 0 unspecified atom stereocenters. The van der Waals surface area contributed by atoms with E-state index in [0.29, 0.717) is 0 Å². The molecule has 0 bridgehead atoms. The van der Waals surface area contributed by atoms with Crippen LogP contribution in [0.1, 0.15) is 76.3 Å². The van der Waals surface area contributed by atoms with Crippen molar-refractivity contribution < 1.29 is 0 Å². The van der Waals surface area contributed by atoms with Crippen molar-refractivity contribution in [2.24, 2.45) is 0 Å². The van der Waals surface area contributed by atoms with Crippen LogP contribution >= 0.6 is 0 Å². The molecule has 6 aromatic carbocycles. The molecule has 0 aliphatic heterocycles. The molecule has 0 N–H and O–H groups in total. The summed E-state index contributed by atoms with van der Waals surface area (Å²) < 4.78 is 0. The third-order valence-corrected chi connectivity index (χ3v) is 13.3. The summed E-state index contributed by atoms with van der Waals surface area (Å²) in [5.74, 6) is 0. The zero-order chi connectivity index (χ0) is 34.6. The number of hydrogen-bond donors (Lipinski definition) is 0. The maximum absolute atomic E-state index is 2.33. The Morgan fingerprint density at radius 2 is 0.540 bits per heavy atom. The van der Waals surface area contributed by atoms with Crippen LogP contribution in [0.3, 0.4) is 0 Å². The maximum Gasteiger partial charge on any atom is 0.166 e. The van der Waals surface area contributed by atoms with Gasteiger partial charge in [0, 0.05) is 0 Å². The molecular weight excluding hydrogens is 641 g/mol. The van der Waals surface area contributed by atoms with Crippen LogP contribution in [-0.2, 0) is 34.6 Å². The minimum atomic E-state index is -0.0317. The fourth-order valence-corrected chi connectivity index (χ4v) is 10.3. The molecule has 0 fully saturated rings. The lowest BCUT2D eigenvalue weighted by Crippen LogP contribution is -2.04. The Balaban J connectivity index is 0.000000194. The molecule has 0 spiro atoms. The van der Waals surface area contributed by atoms with Crippen LogP contribution < -0.4 is 0 Å². The van der Waals surface area contributed by atoms with Crippen molar-refractivity contribution in [2.45, 2.75) is 107 Å². The van der Waals surface area contributed by atoms with Crippen molar-refractivity contribution in [2.75, 3.05) is 0 Å². The SMILES string of the molecule is CCCCCCc1ccc([S+](c2ccccc2)c2ccccc2)cc1.CCCCCCc1ccc([S+](c2ccccc2)c2ccccc2)cc1. The molecule has 2 heteroatoms. The van der Waals surface area contributed by atoms with Crippen LogP contribution in [0.15, 0.2) is 199 Å². The van der Waals surface area contributed by atoms with Gasteiger partial charge in [-0.25, -0.2) is 0 Å². The van der Waals surface area contributed by atoms with E-state index in [2.05, 4.69) is 184 Å². The van der Waals surface area contributed by atoms with Gasteiger partial charge in [0.1, 0.15) is 0 Å². The fourth-order valence-electron chi connectivity index (χ4n) is 6.14. The quantitative estimate of drug-likeness (QED) is 0.0699. The van der Waals surface area contributed by atoms with E-state index in [1.807, 2.05) is 0 Å². The van der Waals surface area contributed by atoms with Gasteiger partial charge in [-0.15, -0.1) is 0 Å². The van der Waals surface area contributed by atoms with Gasteiger partial charge in [0.25, 0.3) is 0 Å². The minimum Gasteiger partial charge on any atom is -0.0654 e. The molecule has 0 saturated carbocycles. The first-order valence-electron chi connectivity index (χ1n) is 18.6. The van der Waals surface area contributed by atoms with Crippen molar-refractivity contribution >= 4 is 21.8 Å². The standard InChI is InChI=1S/2C24H27S/c2*1-2-3-4-7-12-21-17-19-24(20-18-21)25(22-13-8-5-9-14-22)23-15-10-6-11-16-23/h2*5-6,8-11,13-20H,2-4,7,12H2,1H3/q2*+1. The predicted octanol–water partition coefficient (Wildman–Crippen LogP) is 13.8. The third-order valence-electron chi connectivity index (χ3n) is 8.87. The molecule has 0 saturated heterocycles. The van der Waals surface area contributed by atoms with E-state index in [9.17, 15) is 0 Å². The first kappa shape index (κ1) is 37.3. The molecule has 0 aliphatic carbocycles. The summed E-state index contributed by atoms with van der Waals surface area (Å²) in [6, 6.07) is 62.1. The second-order valence-corrected chi connectivity index (χ2v) is 16.8. The molecule has 0 amide bonds. The van der Waals surface area contributed by atoms with Crippen LogP contribution in [0.2, 0.25) is 0 Å². The lowest BCUT2D eigenvalue weighted by atomic mass is 10.1. The molecule has 6 rings (SSSR count). The smallest absolute Gasteiger partial charge is 0.0654 e. The van der Waals surface area contributed by atoms with Gasteiger partial charge in [-0.3, -0.25) is 0 Å². The van der Waals surface area contributed by atoms with Crippen molar-refractivity contribution in [3.05, 3.63) is 181 Å². The van der Waals surface area contributed by atoms with Gasteiger partial charge in [0.05, 0.1) is 21.8 Å². The number of aryl methyl sites for hydroxylation is 2. The van der Waals surface area contributed by atoms with Gasteiger partial charge >= 0.3 is 0 Å². The molecule has 0 aromatic heterocycles. The van der Waals surface area contributed by atoms with E-state index in [1.165, 1.54) is 105 Å². The Bertz CT molecular complexity index is 1520. The number of unbranched alkanes of at least 4 members (excludes halogenated alkanes) is 6. The van der Waals surface area contributed by atoms with Crippen molar-refractivity contribution in [3.8, 4) is 0 Å². The minimum absolute atomic E-state index is 0.0317. The van der Waals surface area contributed by atoms with Gasteiger partial charge in [0.2, 0.25) is 0 Å². The second kappa shape index (κ2) is 21.3. The molecule has 0 atom stereocenters. The van der Waals surface area contributed by atoms with Crippen LogP contribution in [0.5, 0.6) is 0 Å². The zero-order valence-electron chi connectivity index (χ0n) is 30.1. The Hall–Kier alpha value is -3.98. The Morgan fingerprint density at radius 3 is 0.800 bits per heavy atom. The van der Waals surface area contributed by atoms with E-state index >= 15 is 0 Å². The molecule has 50 heavy (non-hydrogen) atoms. The maximum atomic E-state index is 2.33. The first-order chi connectivity index (χ1) is 24.8. The summed E-state index contributed by atoms with van der Waals surface area (Å²) in [5.41, 5.74) is 2.93. The highest BCUT2D eigenvalue weighted by Gasteiger charge is 2.29. The van der Waals surface area contributed by atoms with Crippen molar-refractivity contribution in [1.29, 1.82) is 0 Å². The highest BCUT2D eigenvalue weighted by atomic mass is 32.2. The lowest BCUT2D eigenvalue weighted by Gasteiger charge is -2.08. The largest absolute Gasteiger partial charge is 0.166 e. The fraction of sp³-hybridized carbons (Fsp3) is 0.250. The van der Waals surface area contributed by atoms with E-state index in [4.69, 9.17) is 0 Å². The zero-order valence-corrected chi connectivity index (χ0v) is 31.7. The summed E-state index contributed by atoms with van der Waals surface area (Å²) in [5, 5.41) is 0. The molecule has 6 aromatic rings. The number of benzene rings is 6. The van der Waals surface area contributed by atoms with Crippen LogP contribution in [0, 0.1) is 0 Å². The van der Waals surface area contributed by atoms with Crippen LogP contribution in [0.25, 0.3) is 0 Å². The van der Waals surface area contributed by atoms with Crippen LogP contribution in [-0.4, -0.2) is 0 Å². The van der Waals surface area contributed by atoms with Crippen LogP contribution in [0.4, 0.5) is 0 Å². The Kier molecular flexibility index (Phi) is 15.9. The molecule has 0 heterocycles. The Labute approximate surface area is 308 Å². The normalized spacial score (nSPS) is 11.0. The average molecular weight is 695 g/mol. The summed E-state index contributed by atoms with van der Waals surface area (Å²) in [6.45, 7) is 4.53. The van der Waals surface area contributed by atoms with Gasteiger partial charge in [-0.1, -0.05) is 149 Å². The molecule has 256 valence electrons. The number of hydrogen-bond acceptors (Lipinski definition) is 0. The summed E-state index contributed by atoms with van der Waals surface area (Å²) >= 11 is 0. The number of rotatable bonds is 16. The monoisotopic (exact) mass is 694 g/mol. The van der Waals surface area contributed by atoms with Gasteiger partial charge < -0.3 is 0 Å². The van der Waals surface area contributed by atoms with Gasteiger partial charge in [0.15, 0.2) is 29.4 Å². The van der Waals surface area contributed by atoms with Gasteiger partial charge in [-0.05, 0) is 110 Å². The van der Waals surface area contributed by atoms with E-state index in [0.717, 1.165) is 0 Å². The molecule has 0 nitrogen and oxygen atoms in total. The topological polar surface area (TPSA) is 0 Å². The molecule has 0 radical (unpaired) electrons.